The fraction of sp³-hybridized carbons (Fsp3) is 0.238. The molecule has 30 heavy (non-hydrogen) atoms. The number of β-amino-alcohol motifs (C(OH)–C–C–N with tert-alkyl or cyclic N) is 1. The highest BCUT2D eigenvalue weighted by molar-refractivity contribution is 6.06. The number of hydrogen-bond donors (Lipinski definition) is 2. The number of amides is 1. The van der Waals surface area contributed by atoms with Crippen LogP contribution < -0.4 is 10.2 Å². The van der Waals surface area contributed by atoms with Gasteiger partial charge in [-0.3, -0.25) is 14.5 Å². The van der Waals surface area contributed by atoms with Crippen molar-refractivity contribution in [2.24, 2.45) is 7.05 Å². The number of aryl methyl sites for hydroxylation is 2. The van der Waals surface area contributed by atoms with E-state index in [-0.39, 0.29) is 17.7 Å². The molecule has 1 fully saturated rings. The van der Waals surface area contributed by atoms with Crippen molar-refractivity contribution in [1.82, 2.24) is 19.7 Å². The molecular weight excluding hydrogens is 384 g/mol. The zero-order chi connectivity index (χ0) is 20.8. The van der Waals surface area contributed by atoms with Crippen molar-refractivity contribution in [2.75, 3.05) is 23.3 Å². The van der Waals surface area contributed by atoms with E-state index in [1.165, 1.54) is 6.26 Å². The van der Waals surface area contributed by atoms with E-state index in [0.29, 0.717) is 24.7 Å². The molecule has 0 spiro atoms. The highest BCUT2D eigenvalue weighted by atomic mass is 16.3. The maximum absolute atomic E-state index is 12.9. The molecular formula is C21H20N6O3. The van der Waals surface area contributed by atoms with E-state index in [2.05, 4.69) is 20.4 Å². The number of anilines is 2. The van der Waals surface area contributed by atoms with Crippen LogP contribution in [0.4, 0.5) is 11.4 Å². The summed E-state index contributed by atoms with van der Waals surface area (Å²) in [5.74, 6) is -0.0132. The van der Waals surface area contributed by atoms with Crippen LogP contribution in [0.5, 0.6) is 0 Å². The van der Waals surface area contributed by atoms with Gasteiger partial charge in [-0.1, -0.05) is 0 Å². The summed E-state index contributed by atoms with van der Waals surface area (Å²) >= 11 is 0. The number of hydrogen-bond acceptors (Lipinski definition) is 7. The van der Waals surface area contributed by atoms with Crippen LogP contribution in [0.25, 0.3) is 22.4 Å². The summed E-state index contributed by atoms with van der Waals surface area (Å²) in [5, 5.41) is 18.0. The number of aliphatic hydroxyl groups excluding tert-OH is 1. The molecule has 1 aliphatic heterocycles. The minimum atomic E-state index is -0.374. The third-order valence-corrected chi connectivity index (χ3v) is 5.07. The van der Waals surface area contributed by atoms with Gasteiger partial charge in [0, 0.05) is 49.2 Å². The molecule has 1 aliphatic rings. The number of pyridine rings is 1. The van der Waals surface area contributed by atoms with E-state index in [4.69, 9.17) is 4.42 Å². The first-order chi connectivity index (χ1) is 14.5. The lowest BCUT2D eigenvalue weighted by molar-refractivity contribution is 0.102. The number of aromatic nitrogens is 4. The van der Waals surface area contributed by atoms with Crippen LogP contribution in [-0.2, 0) is 7.05 Å². The Bertz CT molecular complexity index is 1250. The van der Waals surface area contributed by atoms with E-state index < -0.39 is 0 Å². The second kappa shape index (κ2) is 6.96. The normalized spacial score (nSPS) is 14.2. The zero-order valence-electron chi connectivity index (χ0n) is 16.5. The minimum absolute atomic E-state index is 0.181. The van der Waals surface area contributed by atoms with Crippen LogP contribution in [0.1, 0.15) is 16.2 Å². The molecule has 9 heteroatoms. The smallest absolute Gasteiger partial charge is 0.277 e. The topological polar surface area (TPSA) is 109 Å². The lowest BCUT2D eigenvalue weighted by Crippen LogP contribution is -2.51. The van der Waals surface area contributed by atoms with Gasteiger partial charge in [0.1, 0.15) is 6.26 Å². The summed E-state index contributed by atoms with van der Waals surface area (Å²) in [4.78, 5) is 23.4. The molecule has 0 saturated carbocycles. The molecule has 1 saturated heterocycles. The molecule has 0 unspecified atom stereocenters. The van der Waals surface area contributed by atoms with Gasteiger partial charge in [0.15, 0.2) is 5.69 Å². The van der Waals surface area contributed by atoms with Gasteiger partial charge in [-0.05, 0) is 31.2 Å². The summed E-state index contributed by atoms with van der Waals surface area (Å²) in [7, 11) is 1.85. The number of rotatable bonds is 4. The molecule has 1 aromatic carbocycles. The van der Waals surface area contributed by atoms with Crippen LogP contribution in [0, 0.1) is 6.92 Å². The van der Waals surface area contributed by atoms with Crippen molar-refractivity contribution >= 4 is 28.2 Å². The van der Waals surface area contributed by atoms with Crippen LogP contribution in [0.3, 0.4) is 0 Å². The van der Waals surface area contributed by atoms with E-state index in [0.717, 1.165) is 27.8 Å². The van der Waals surface area contributed by atoms with E-state index in [9.17, 15) is 9.90 Å². The van der Waals surface area contributed by atoms with E-state index >= 15 is 0 Å². The lowest BCUT2D eigenvalue weighted by Gasteiger charge is -2.38. The molecule has 4 aromatic rings. The molecule has 3 aromatic heterocycles. The predicted octanol–water partition coefficient (Wildman–Crippen LogP) is 2.36. The van der Waals surface area contributed by atoms with Gasteiger partial charge >= 0.3 is 0 Å². The largest absolute Gasteiger partial charge is 0.444 e. The first kappa shape index (κ1) is 18.3. The number of oxazole rings is 1. The molecule has 0 aliphatic carbocycles. The second-order valence-corrected chi connectivity index (χ2v) is 7.47. The maximum Gasteiger partial charge on any atom is 0.277 e. The van der Waals surface area contributed by atoms with E-state index in [1.54, 1.807) is 16.9 Å². The Morgan fingerprint density at radius 3 is 2.90 bits per heavy atom. The van der Waals surface area contributed by atoms with Crippen molar-refractivity contribution in [2.45, 2.75) is 13.0 Å². The van der Waals surface area contributed by atoms with Crippen LogP contribution in [0.2, 0.25) is 0 Å². The average molecular weight is 404 g/mol. The average Bonchev–Trinajstić information content (AvgIpc) is 3.31. The fourth-order valence-electron chi connectivity index (χ4n) is 3.57. The van der Waals surface area contributed by atoms with E-state index in [1.807, 2.05) is 43.3 Å². The van der Waals surface area contributed by atoms with Gasteiger partial charge in [0.25, 0.3) is 5.91 Å². The number of aliphatic hydroxyl groups is 1. The highest BCUT2D eigenvalue weighted by Gasteiger charge is 2.28. The Morgan fingerprint density at radius 1 is 1.30 bits per heavy atom. The minimum Gasteiger partial charge on any atom is -0.444 e. The van der Waals surface area contributed by atoms with Crippen LogP contribution in [0.15, 0.2) is 47.3 Å². The maximum atomic E-state index is 12.9. The van der Waals surface area contributed by atoms with Crippen molar-refractivity contribution in [1.29, 1.82) is 0 Å². The van der Waals surface area contributed by atoms with Crippen LogP contribution >= 0.6 is 0 Å². The van der Waals surface area contributed by atoms with Crippen molar-refractivity contribution in [3.63, 3.8) is 0 Å². The summed E-state index contributed by atoms with van der Waals surface area (Å²) in [6.07, 6.45) is 4.54. The number of carbonyl (C=O) groups excluding carboxylic acids is 1. The number of benzene rings is 1. The fourth-order valence-corrected chi connectivity index (χ4v) is 3.57. The molecule has 2 N–H and O–H groups in total. The van der Waals surface area contributed by atoms with Crippen molar-refractivity contribution in [3.05, 3.63) is 54.3 Å². The summed E-state index contributed by atoms with van der Waals surface area (Å²) in [5.41, 5.74) is 4.05. The Balaban J connectivity index is 1.45. The highest BCUT2D eigenvalue weighted by Crippen LogP contribution is 2.34. The monoisotopic (exact) mass is 404 g/mol. The number of fused-ring (bicyclic) bond motifs is 1. The molecule has 4 heterocycles. The molecule has 0 bridgehead atoms. The first-order valence-corrected chi connectivity index (χ1v) is 9.56. The number of carbonyl (C=O) groups is 1. The quantitative estimate of drug-likeness (QED) is 0.537. The van der Waals surface area contributed by atoms with Gasteiger partial charge in [0.2, 0.25) is 5.89 Å². The molecule has 0 atom stereocenters. The molecule has 5 rings (SSSR count). The van der Waals surface area contributed by atoms with Gasteiger partial charge < -0.3 is 19.7 Å². The molecule has 0 radical (unpaired) electrons. The standard InChI is InChI=1S/C21H20N6O3/c1-12-5-13(3-4-22-12)21-24-18(11-30-21)20(29)23-17-6-14-8-26(2)25-16(14)7-19(17)27-9-15(28)10-27/h3-8,11,15,28H,9-10H2,1-2H3,(H,23,29). The predicted molar refractivity (Wildman–Crippen MR) is 111 cm³/mol. The molecule has 9 nitrogen and oxygen atoms in total. The Kier molecular flexibility index (Phi) is 4.25. The third-order valence-electron chi connectivity index (χ3n) is 5.07. The summed E-state index contributed by atoms with van der Waals surface area (Å²) < 4.78 is 7.23. The SMILES string of the molecule is Cc1cc(-c2nc(C(=O)Nc3cc4cn(C)nc4cc3N3CC(O)C3)co2)ccn1. The first-order valence-electron chi connectivity index (χ1n) is 9.56. The lowest BCUT2D eigenvalue weighted by atomic mass is 10.1. The van der Waals surface area contributed by atoms with Gasteiger partial charge in [-0.15, -0.1) is 0 Å². The Hall–Kier alpha value is -3.72. The second-order valence-electron chi connectivity index (χ2n) is 7.47. The summed E-state index contributed by atoms with van der Waals surface area (Å²) in [6.45, 7) is 2.90. The Labute approximate surface area is 172 Å². The van der Waals surface area contributed by atoms with Gasteiger partial charge in [-0.2, -0.15) is 5.10 Å². The van der Waals surface area contributed by atoms with Crippen molar-refractivity contribution in [3.8, 4) is 11.5 Å². The third kappa shape index (κ3) is 3.29. The molecule has 1 amide bonds. The zero-order valence-corrected chi connectivity index (χ0v) is 16.5. The van der Waals surface area contributed by atoms with Crippen molar-refractivity contribution < 1.29 is 14.3 Å². The number of nitrogens with zero attached hydrogens (tertiary/aromatic N) is 5. The molecule has 152 valence electrons. The Morgan fingerprint density at radius 2 is 2.13 bits per heavy atom. The number of nitrogens with one attached hydrogen (secondary N) is 1. The van der Waals surface area contributed by atoms with Gasteiger partial charge in [0.05, 0.1) is 23.0 Å². The van der Waals surface area contributed by atoms with Gasteiger partial charge in [-0.25, -0.2) is 4.98 Å². The van der Waals surface area contributed by atoms with Crippen LogP contribution in [-0.4, -0.2) is 50.0 Å². The summed E-state index contributed by atoms with van der Waals surface area (Å²) in [6, 6.07) is 7.43.